The third kappa shape index (κ3) is 1.50. The maximum absolute atomic E-state index is 11.5. The zero-order chi connectivity index (χ0) is 9.97. The lowest BCUT2D eigenvalue weighted by atomic mass is 9.90. The molecule has 3 nitrogen and oxygen atoms in total. The molecule has 70 valence electrons. The molecule has 0 radical (unpaired) electrons. The molecule has 0 saturated carbocycles. The van der Waals surface area contributed by atoms with Crippen LogP contribution in [0.15, 0.2) is 23.2 Å². The average Bonchev–Trinajstić information content (AvgIpc) is 2.20. The van der Waals surface area contributed by atoms with Crippen molar-refractivity contribution in [3.05, 3.63) is 29.3 Å². The minimum absolute atomic E-state index is 0.147. The van der Waals surface area contributed by atoms with Crippen molar-refractivity contribution in [1.29, 1.82) is 0 Å². The molecular weight excluding hydrogens is 178 g/mol. The van der Waals surface area contributed by atoms with Gasteiger partial charge >= 0.3 is 0 Å². The summed E-state index contributed by atoms with van der Waals surface area (Å²) in [5, 5.41) is 0. The van der Waals surface area contributed by atoms with Crippen LogP contribution >= 0.6 is 0 Å². The molecule has 0 amide bonds. The van der Waals surface area contributed by atoms with Crippen LogP contribution in [0.5, 0.6) is 0 Å². The highest BCUT2D eigenvalue weighted by Crippen LogP contribution is 2.25. The largest absolute Gasteiger partial charge is 0.294 e. The van der Waals surface area contributed by atoms with Crippen LogP contribution in [0.1, 0.15) is 28.8 Å². The van der Waals surface area contributed by atoms with Gasteiger partial charge in [0, 0.05) is 12.0 Å². The molecule has 0 bridgehead atoms. The Bertz CT molecular complexity index is 431. The van der Waals surface area contributed by atoms with Crippen LogP contribution < -0.4 is 0 Å². The molecule has 0 fully saturated rings. The van der Waals surface area contributed by atoms with E-state index in [0.717, 1.165) is 18.4 Å². The third-order valence-electron chi connectivity index (χ3n) is 2.42. The highest BCUT2D eigenvalue weighted by Gasteiger charge is 2.16. The molecule has 0 heterocycles. The van der Waals surface area contributed by atoms with Crippen LogP contribution in [0, 0.1) is 0 Å². The number of isocyanates is 1. The Morgan fingerprint density at radius 2 is 2.14 bits per heavy atom. The Kier molecular flexibility index (Phi) is 2.25. The first kappa shape index (κ1) is 8.85. The van der Waals surface area contributed by atoms with Crippen molar-refractivity contribution in [2.75, 3.05) is 0 Å². The van der Waals surface area contributed by atoms with Gasteiger partial charge in [-0.1, -0.05) is 6.07 Å². The topological polar surface area (TPSA) is 46.5 Å². The van der Waals surface area contributed by atoms with Gasteiger partial charge in [-0.05, 0) is 30.5 Å². The maximum atomic E-state index is 11.5. The Morgan fingerprint density at radius 3 is 2.93 bits per heavy atom. The molecule has 0 aliphatic heterocycles. The van der Waals surface area contributed by atoms with Crippen LogP contribution in [0.3, 0.4) is 0 Å². The van der Waals surface area contributed by atoms with E-state index in [1.54, 1.807) is 12.1 Å². The van der Waals surface area contributed by atoms with Gasteiger partial charge in [0.25, 0.3) is 0 Å². The van der Waals surface area contributed by atoms with E-state index < -0.39 is 0 Å². The fraction of sp³-hybridized carbons (Fsp3) is 0.273. The summed E-state index contributed by atoms with van der Waals surface area (Å²) < 4.78 is 0. The van der Waals surface area contributed by atoms with Gasteiger partial charge in [-0.2, -0.15) is 4.99 Å². The fourth-order valence-electron chi connectivity index (χ4n) is 1.74. The van der Waals surface area contributed by atoms with E-state index in [0.29, 0.717) is 17.7 Å². The van der Waals surface area contributed by atoms with Gasteiger partial charge < -0.3 is 0 Å². The summed E-state index contributed by atoms with van der Waals surface area (Å²) in [6.45, 7) is 0. The van der Waals surface area contributed by atoms with Crippen LogP contribution in [0.2, 0.25) is 0 Å². The molecule has 2 rings (SSSR count). The lowest BCUT2D eigenvalue weighted by molar-refractivity contribution is 0.0972. The minimum atomic E-state index is 0.147. The van der Waals surface area contributed by atoms with Crippen LogP contribution in [0.4, 0.5) is 5.69 Å². The molecule has 0 unspecified atom stereocenters. The van der Waals surface area contributed by atoms with Crippen LogP contribution in [0.25, 0.3) is 0 Å². The first-order valence-electron chi connectivity index (χ1n) is 4.55. The van der Waals surface area contributed by atoms with Crippen molar-refractivity contribution in [1.82, 2.24) is 0 Å². The van der Waals surface area contributed by atoms with Crippen molar-refractivity contribution < 1.29 is 9.59 Å². The summed E-state index contributed by atoms with van der Waals surface area (Å²) in [5.41, 5.74) is 2.29. The van der Waals surface area contributed by atoms with Gasteiger partial charge in [-0.3, -0.25) is 4.79 Å². The zero-order valence-corrected chi connectivity index (χ0v) is 7.62. The average molecular weight is 187 g/mol. The number of aliphatic imine (C=N–C) groups is 1. The lowest BCUT2D eigenvalue weighted by Gasteiger charge is -2.13. The van der Waals surface area contributed by atoms with Crippen molar-refractivity contribution in [2.24, 2.45) is 4.99 Å². The van der Waals surface area contributed by atoms with E-state index >= 15 is 0 Å². The van der Waals surface area contributed by atoms with Gasteiger partial charge in [-0.15, -0.1) is 0 Å². The van der Waals surface area contributed by atoms with E-state index in [4.69, 9.17) is 0 Å². The second-order valence-electron chi connectivity index (χ2n) is 3.32. The molecular formula is C11H9NO2. The number of aryl methyl sites for hydroxylation is 1. The van der Waals surface area contributed by atoms with Crippen molar-refractivity contribution in [3.63, 3.8) is 0 Å². The zero-order valence-electron chi connectivity index (χ0n) is 7.62. The maximum Gasteiger partial charge on any atom is 0.240 e. The number of benzene rings is 1. The second kappa shape index (κ2) is 3.56. The molecule has 0 spiro atoms. The number of fused-ring (bicyclic) bond motifs is 1. The van der Waals surface area contributed by atoms with Crippen LogP contribution in [-0.2, 0) is 11.2 Å². The number of ketones is 1. The van der Waals surface area contributed by atoms with E-state index in [9.17, 15) is 9.59 Å². The molecule has 3 heteroatoms. The van der Waals surface area contributed by atoms with Gasteiger partial charge in [0.1, 0.15) is 0 Å². The number of carbonyl (C=O) groups is 1. The number of rotatable bonds is 1. The molecule has 0 atom stereocenters. The molecule has 1 aromatic carbocycles. The first-order valence-corrected chi connectivity index (χ1v) is 4.55. The number of hydrogen-bond donors (Lipinski definition) is 0. The molecule has 1 aliphatic rings. The normalized spacial score (nSPS) is 14.4. The summed E-state index contributed by atoms with van der Waals surface area (Å²) in [6, 6.07) is 5.27. The minimum Gasteiger partial charge on any atom is -0.294 e. The summed E-state index contributed by atoms with van der Waals surface area (Å²) in [7, 11) is 0. The summed E-state index contributed by atoms with van der Waals surface area (Å²) in [5.74, 6) is 0.147. The van der Waals surface area contributed by atoms with Crippen LogP contribution in [-0.4, -0.2) is 11.9 Å². The van der Waals surface area contributed by atoms with Gasteiger partial charge in [0.05, 0.1) is 5.69 Å². The summed E-state index contributed by atoms with van der Waals surface area (Å²) >= 11 is 0. The molecule has 0 aromatic heterocycles. The SMILES string of the molecule is O=C=Nc1ccc2c(c1)C(=O)CCC2. The van der Waals surface area contributed by atoms with E-state index in [1.165, 1.54) is 6.08 Å². The number of nitrogens with zero attached hydrogens (tertiary/aromatic N) is 1. The number of Topliss-reactive ketones (excluding diaryl/α,β-unsaturated/α-hetero) is 1. The standard InChI is InChI=1S/C11H9NO2/c13-7-12-9-5-4-8-2-1-3-11(14)10(8)6-9/h4-6H,1-3H2. The van der Waals surface area contributed by atoms with E-state index in [1.807, 2.05) is 6.07 Å². The fourth-order valence-corrected chi connectivity index (χ4v) is 1.74. The Hall–Kier alpha value is -1.73. The van der Waals surface area contributed by atoms with Gasteiger partial charge in [-0.25, -0.2) is 4.79 Å². The van der Waals surface area contributed by atoms with Crippen molar-refractivity contribution >= 4 is 17.6 Å². The Morgan fingerprint density at radius 1 is 1.29 bits per heavy atom. The summed E-state index contributed by atoms with van der Waals surface area (Å²) in [6.07, 6.45) is 3.92. The quantitative estimate of drug-likeness (QED) is 0.499. The molecule has 0 N–H and O–H groups in total. The summed E-state index contributed by atoms with van der Waals surface area (Å²) in [4.78, 5) is 25.0. The molecule has 1 aromatic rings. The Labute approximate surface area is 81.5 Å². The van der Waals surface area contributed by atoms with Crippen molar-refractivity contribution in [2.45, 2.75) is 19.3 Å². The lowest BCUT2D eigenvalue weighted by Crippen LogP contribution is -2.09. The highest BCUT2D eigenvalue weighted by molar-refractivity contribution is 5.99. The molecule has 14 heavy (non-hydrogen) atoms. The molecule has 0 saturated heterocycles. The predicted octanol–water partition coefficient (Wildman–Crippen LogP) is 2.17. The number of carbonyl (C=O) groups excluding carboxylic acids is 2. The monoisotopic (exact) mass is 187 g/mol. The van der Waals surface area contributed by atoms with E-state index in [2.05, 4.69) is 4.99 Å². The first-order chi connectivity index (χ1) is 6.81. The highest BCUT2D eigenvalue weighted by atomic mass is 16.1. The smallest absolute Gasteiger partial charge is 0.240 e. The predicted molar refractivity (Wildman–Crippen MR) is 51.5 cm³/mol. The van der Waals surface area contributed by atoms with E-state index in [-0.39, 0.29) is 5.78 Å². The Balaban J connectivity index is 2.50. The van der Waals surface area contributed by atoms with Gasteiger partial charge in [0.15, 0.2) is 5.78 Å². The van der Waals surface area contributed by atoms with Gasteiger partial charge in [0.2, 0.25) is 6.08 Å². The number of hydrogen-bond acceptors (Lipinski definition) is 3. The second-order valence-corrected chi connectivity index (χ2v) is 3.32. The van der Waals surface area contributed by atoms with Crippen molar-refractivity contribution in [3.8, 4) is 0 Å². The molecule has 1 aliphatic carbocycles. The third-order valence-corrected chi connectivity index (χ3v) is 2.42.